The van der Waals surface area contributed by atoms with Gasteiger partial charge in [0, 0.05) is 19.8 Å². The molecular weight excluding hydrogens is 288 g/mol. The van der Waals surface area contributed by atoms with Gasteiger partial charge < -0.3 is 5.32 Å². The van der Waals surface area contributed by atoms with Gasteiger partial charge in [0.15, 0.2) is 0 Å². The first-order valence-electron chi connectivity index (χ1n) is 6.37. The Morgan fingerprint density at radius 3 is 2.43 bits per heavy atom. The normalized spacial score (nSPS) is 11.4. The smallest absolute Gasteiger partial charge is 0.302 e. The van der Waals surface area contributed by atoms with Gasteiger partial charge in [0.1, 0.15) is 5.82 Å². The predicted octanol–water partition coefficient (Wildman–Crippen LogP) is 2.35. The number of pyridine rings is 1. The highest BCUT2D eigenvalue weighted by Crippen LogP contribution is 2.18. The van der Waals surface area contributed by atoms with Gasteiger partial charge in [0.25, 0.3) is 0 Å². The maximum Gasteiger partial charge on any atom is 0.302 e. The van der Waals surface area contributed by atoms with Crippen LogP contribution >= 0.6 is 0 Å². The first-order valence-corrected chi connectivity index (χ1v) is 7.81. The molecule has 0 aliphatic carbocycles. The number of rotatable bonds is 5. The molecule has 0 aliphatic heterocycles. The van der Waals surface area contributed by atoms with E-state index in [1.54, 1.807) is 18.3 Å². The van der Waals surface area contributed by atoms with Crippen LogP contribution in [0.3, 0.4) is 0 Å². The molecule has 0 atom stereocenters. The highest BCUT2D eigenvalue weighted by atomic mass is 32.2. The van der Waals surface area contributed by atoms with E-state index in [-0.39, 0.29) is 5.82 Å². The summed E-state index contributed by atoms with van der Waals surface area (Å²) < 4.78 is 26.8. The number of benzene rings is 1. The highest BCUT2D eigenvalue weighted by molar-refractivity contribution is 7.90. The number of anilines is 3. The summed E-state index contributed by atoms with van der Waals surface area (Å²) >= 11 is 0. The molecule has 2 N–H and O–H groups in total. The Morgan fingerprint density at radius 1 is 1.10 bits per heavy atom. The monoisotopic (exact) mass is 306 g/mol. The quantitative estimate of drug-likeness (QED) is 0.889. The number of aryl methyl sites for hydroxylation is 1. The van der Waals surface area contributed by atoms with Gasteiger partial charge in [-0.15, -0.1) is 0 Å². The van der Waals surface area contributed by atoms with Crippen LogP contribution in [0, 0.1) is 6.92 Å². The van der Waals surface area contributed by atoms with Crippen molar-refractivity contribution in [2.45, 2.75) is 6.92 Å². The first-order chi connectivity index (χ1) is 9.87. The Hall–Kier alpha value is -2.12. The van der Waals surface area contributed by atoms with Gasteiger partial charge in [-0.25, -0.2) is 4.98 Å². The lowest BCUT2D eigenvalue weighted by molar-refractivity contribution is 0.526. The van der Waals surface area contributed by atoms with Crippen molar-refractivity contribution in [1.29, 1.82) is 0 Å². The molecular formula is C14H18N4O2S. The topological polar surface area (TPSA) is 74.3 Å². The fourth-order valence-electron chi connectivity index (χ4n) is 1.64. The third kappa shape index (κ3) is 4.17. The van der Waals surface area contributed by atoms with Gasteiger partial charge in [-0.2, -0.15) is 12.7 Å². The minimum absolute atomic E-state index is 0.276. The van der Waals surface area contributed by atoms with Crippen LogP contribution in [0.5, 0.6) is 0 Å². The average molecular weight is 306 g/mol. The molecule has 6 nitrogen and oxygen atoms in total. The Morgan fingerprint density at radius 2 is 1.86 bits per heavy atom. The van der Waals surface area contributed by atoms with E-state index in [0.717, 1.165) is 21.2 Å². The van der Waals surface area contributed by atoms with Crippen LogP contribution in [0.1, 0.15) is 5.56 Å². The van der Waals surface area contributed by atoms with Crippen molar-refractivity contribution in [1.82, 2.24) is 9.29 Å². The molecule has 1 heterocycles. The van der Waals surface area contributed by atoms with E-state index < -0.39 is 10.2 Å². The van der Waals surface area contributed by atoms with Crippen molar-refractivity contribution in [3.8, 4) is 0 Å². The summed E-state index contributed by atoms with van der Waals surface area (Å²) in [6.45, 7) is 2.02. The zero-order valence-corrected chi connectivity index (χ0v) is 13.0. The van der Waals surface area contributed by atoms with Gasteiger partial charge in [-0.3, -0.25) is 4.72 Å². The molecule has 0 fully saturated rings. The fraction of sp³-hybridized carbons (Fsp3) is 0.214. The molecule has 0 unspecified atom stereocenters. The molecule has 0 aliphatic rings. The Balaban J connectivity index is 2.09. The van der Waals surface area contributed by atoms with Crippen molar-refractivity contribution in [2.75, 3.05) is 24.1 Å². The molecule has 0 radical (unpaired) electrons. The molecule has 1 aromatic carbocycles. The van der Waals surface area contributed by atoms with Crippen LogP contribution in [0.15, 0.2) is 42.6 Å². The summed E-state index contributed by atoms with van der Waals surface area (Å²) in [4.78, 5) is 4.09. The van der Waals surface area contributed by atoms with E-state index in [1.165, 1.54) is 14.1 Å². The SMILES string of the molecule is Cc1cccc(Nc2ccc(NS(=O)(=O)N(C)C)nc2)c1. The number of nitrogens with zero attached hydrogens (tertiary/aromatic N) is 2. The summed E-state index contributed by atoms with van der Waals surface area (Å²) in [6.07, 6.45) is 1.58. The summed E-state index contributed by atoms with van der Waals surface area (Å²) in [5.74, 6) is 0.276. The predicted molar refractivity (Wildman–Crippen MR) is 84.9 cm³/mol. The van der Waals surface area contributed by atoms with Crippen molar-refractivity contribution in [3.05, 3.63) is 48.2 Å². The molecule has 0 spiro atoms. The van der Waals surface area contributed by atoms with E-state index in [2.05, 4.69) is 15.0 Å². The minimum atomic E-state index is -3.53. The summed E-state index contributed by atoms with van der Waals surface area (Å²) in [7, 11) is -0.619. The molecule has 2 rings (SSSR count). The third-order valence-electron chi connectivity index (χ3n) is 2.78. The van der Waals surface area contributed by atoms with Gasteiger partial charge in [0.05, 0.1) is 11.9 Å². The second-order valence-electron chi connectivity index (χ2n) is 4.82. The fourth-order valence-corrected chi connectivity index (χ4v) is 2.21. The summed E-state index contributed by atoms with van der Waals surface area (Å²) in [5.41, 5.74) is 2.90. The lowest BCUT2D eigenvalue weighted by Gasteiger charge is -2.13. The third-order valence-corrected chi connectivity index (χ3v) is 4.21. The Kier molecular flexibility index (Phi) is 4.44. The molecule has 2 aromatic rings. The molecule has 112 valence electrons. The zero-order valence-electron chi connectivity index (χ0n) is 12.2. The molecule has 21 heavy (non-hydrogen) atoms. The standard InChI is InChI=1S/C14H18N4O2S/c1-11-5-4-6-12(9-11)16-13-7-8-14(15-10-13)17-21(19,20)18(2)3/h4-10,16H,1-3H3,(H,15,17). The van der Waals surface area contributed by atoms with Crippen LogP contribution in [0.2, 0.25) is 0 Å². The second kappa shape index (κ2) is 6.11. The van der Waals surface area contributed by atoms with Crippen LogP contribution < -0.4 is 10.0 Å². The number of hydrogen-bond acceptors (Lipinski definition) is 4. The number of hydrogen-bond donors (Lipinski definition) is 2. The van der Waals surface area contributed by atoms with Crippen LogP contribution in [0.25, 0.3) is 0 Å². The van der Waals surface area contributed by atoms with Crippen molar-refractivity contribution in [2.24, 2.45) is 0 Å². The Labute approximate surface area is 125 Å². The first kappa shape index (κ1) is 15.3. The van der Waals surface area contributed by atoms with Crippen LogP contribution in [-0.4, -0.2) is 31.8 Å². The second-order valence-corrected chi connectivity index (χ2v) is 6.70. The molecule has 1 aromatic heterocycles. The van der Waals surface area contributed by atoms with Crippen LogP contribution in [0.4, 0.5) is 17.2 Å². The van der Waals surface area contributed by atoms with E-state index >= 15 is 0 Å². The van der Waals surface area contributed by atoms with Gasteiger partial charge in [-0.1, -0.05) is 12.1 Å². The summed E-state index contributed by atoms with van der Waals surface area (Å²) in [6, 6.07) is 11.3. The van der Waals surface area contributed by atoms with Gasteiger partial charge in [-0.05, 0) is 36.8 Å². The lowest BCUT2D eigenvalue weighted by atomic mass is 10.2. The van der Waals surface area contributed by atoms with E-state index in [0.29, 0.717) is 0 Å². The molecule has 0 saturated carbocycles. The minimum Gasteiger partial charge on any atom is -0.354 e. The number of aromatic nitrogens is 1. The summed E-state index contributed by atoms with van der Waals surface area (Å²) in [5, 5.41) is 3.21. The molecule has 0 bridgehead atoms. The van der Waals surface area contributed by atoms with Crippen molar-refractivity contribution >= 4 is 27.4 Å². The van der Waals surface area contributed by atoms with E-state index in [9.17, 15) is 8.42 Å². The maximum atomic E-state index is 11.7. The lowest BCUT2D eigenvalue weighted by Crippen LogP contribution is -2.29. The highest BCUT2D eigenvalue weighted by Gasteiger charge is 2.13. The number of nitrogens with one attached hydrogen (secondary N) is 2. The van der Waals surface area contributed by atoms with Gasteiger partial charge >= 0.3 is 10.2 Å². The maximum absolute atomic E-state index is 11.7. The van der Waals surface area contributed by atoms with E-state index in [4.69, 9.17) is 0 Å². The van der Waals surface area contributed by atoms with Crippen molar-refractivity contribution in [3.63, 3.8) is 0 Å². The zero-order chi connectivity index (χ0) is 15.5. The average Bonchev–Trinajstić information content (AvgIpc) is 2.40. The molecule has 0 amide bonds. The largest absolute Gasteiger partial charge is 0.354 e. The van der Waals surface area contributed by atoms with E-state index in [1.807, 2.05) is 31.2 Å². The van der Waals surface area contributed by atoms with Crippen molar-refractivity contribution < 1.29 is 8.42 Å². The van der Waals surface area contributed by atoms with Crippen LogP contribution in [-0.2, 0) is 10.2 Å². The van der Waals surface area contributed by atoms with Gasteiger partial charge in [0.2, 0.25) is 0 Å². The molecule has 7 heteroatoms. The molecule has 0 saturated heterocycles. The Bertz CT molecular complexity index is 712.